The van der Waals surface area contributed by atoms with Crippen molar-refractivity contribution >= 4 is 11.7 Å². The number of amides is 2. The first kappa shape index (κ1) is 17.4. The Morgan fingerprint density at radius 2 is 1.80 bits per heavy atom. The number of piperidine rings is 1. The van der Waals surface area contributed by atoms with Crippen LogP contribution in [0.1, 0.15) is 40.5 Å². The van der Waals surface area contributed by atoms with Gasteiger partial charge in [0.05, 0.1) is 18.1 Å². The Labute approximate surface area is 148 Å². The van der Waals surface area contributed by atoms with E-state index in [2.05, 4.69) is 54.0 Å². The molecule has 1 aliphatic rings. The van der Waals surface area contributed by atoms with E-state index < -0.39 is 0 Å². The summed E-state index contributed by atoms with van der Waals surface area (Å²) >= 11 is 0. The molecule has 25 heavy (non-hydrogen) atoms. The van der Waals surface area contributed by atoms with Gasteiger partial charge in [0.1, 0.15) is 0 Å². The van der Waals surface area contributed by atoms with Gasteiger partial charge in [-0.25, -0.2) is 9.48 Å². The van der Waals surface area contributed by atoms with Crippen LogP contribution in [0.4, 0.5) is 10.5 Å². The Morgan fingerprint density at radius 1 is 1.16 bits per heavy atom. The molecule has 134 valence electrons. The molecule has 1 fully saturated rings. The van der Waals surface area contributed by atoms with E-state index in [0.717, 1.165) is 24.2 Å². The summed E-state index contributed by atoms with van der Waals surface area (Å²) in [5.41, 5.74) is 1.64. The normalized spacial score (nSPS) is 19.4. The average molecular weight is 342 g/mol. The Morgan fingerprint density at radius 3 is 2.36 bits per heavy atom. The summed E-state index contributed by atoms with van der Waals surface area (Å²) in [5.74, 6) is 0. The van der Waals surface area contributed by atoms with Crippen molar-refractivity contribution in [3.63, 3.8) is 0 Å². The maximum absolute atomic E-state index is 12.3. The average Bonchev–Trinajstić information content (AvgIpc) is 2.98. The van der Waals surface area contributed by atoms with E-state index in [9.17, 15) is 4.79 Å². The zero-order valence-corrected chi connectivity index (χ0v) is 15.2. The highest BCUT2D eigenvalue weighted by Crippen LogP contribution is 2.28. The molecule has 0 radical (unpaired) electrons. The van der Waals surface area contributed by atoms with Gasteiger partial charge >= 0.3 is 6.03 Å². The van der Waals surface area contributed by atoms with Crippen LogP contribution in [0.2, 0.25) is 0 Å². The number of carbonyl (C=O) groups is 1. The number of hydrogen-bond donors (Lipinski definition) is 3. The lowest BCUT2D eigenvalue weighted by Gasteiger charge is -2.46. The third kappa shape index (κ3) is 4.57. The number of hydrogen-bond acceptors (Lipinski definition) is 4. The molecule has 0 spiro atoms. The van der Waals surface area contributed by atoms with Crippen molar-refractivity contribution in [2.75, 3.05) is 5.32 Å². The number of carbonyl (C=O) groups excluding carboxylic acids is 1. The molecule has 0 aliphatic carbocycles. The highest BCUT2D eigenvalue weighted by Gasteiger charge is 2.38. The highest BCUT2D eigenvalue weighted by molar-refractivity contribution is 5.89. The number of aromatic nitrogens is 3. The summed E-state index contributed by atoms with van der Waals surface area (Å²) in [5, 5.41) is 17.4. The molecule has 7 nitrogen and oxygen atoms in total. The molecule has 1 aromatic heterocycles. The molecule has 2 amide bonds. The second-order valence-corrected chi connectivity index (χ2v) is 7.99. The van der Waals surface area contributed by atoms with Crippen LogP contribution in [-0.2, 0) is 0 Å². The Balaban J connectivity index is 1.59. The zero-order chi connectivity index (χ0) is 18.1. The van der Waals surface area contributed by atoms with Crippen LogP contribution in [0, 0.1) is 0 Å². The van der Waals surface area contributed by atoms with Gasteiger partial charge < -0.3 is 16.0 Å². The van der Waals surface area contributed by atoms with Crippen molar-refractivity contribution in [2.45, 2.75) is 57.7 Å². The van der Waals surface area contributed by atoms with Gasteiger partial charge in [0.15, 0.2) is 0 Å². The smallest absolute Gasteiger partial charge is 0.319 e. The van der Waals surface area contributed by atoms with Gasteiger partial charge in [-0.3, -0.25) is 0 Å². The quantitative estimate of drug-likeness (QED) is 0.801. The molecule has 0 saturated carbocycles. The van der Waals surface area contributed by atoms with E-state index in [4.69, 9.17) is 0 Å². The molecular formula is C18H26N6O. The number of benzene rings is 1. The first-order valence-electron chi connectivity index (χ1n) is 8.56. The molecule has 3 rings (SSSR count). The highest BCUT2D eigenvalue weighted by atomic mass is 16.2. The monoisotopic (exact) mass is 342 g/mol. The van der Waals surface area contributed by atoms with Gasteiger partial charge in [0, 0.05) is 22.8 Å². The van der Waals surface area contributed by atoms with E-state index in [1.165, 1.54) is 0 Å². The number of urea groups is 1. The van der Waals surface area contributed by atoms with Gasteiger partial charge in [-0.2, -0.15) is 0 Å². The number of nitrogens with one attached hydrogen (secondary N) is 3. The molecule has 0 bridgehead atoms. The summed E-state index contributed by atoms with van der Waals surface area (Å²) in [6.07, 6.45) is 5.20. The van der Waals surface area contributed by atoms with Crippen molar-refractivity contribution in [1.29, 1.82) is 0 Å². The number of anilines is 1. The molecule has 7 heteroatoms. The molecule has 1 aromatic carbocycles. The lowest BCUT2D eigenvalue weighted by Crippen LogP contribution is -2.62. The zero-order valence-electron chi connectivity index (χ0n) is 15.2. The van der Waals surface area contributed by atoms with Gasteiger partial charge in [0.2, 0.25) is 0 Å². The first-order chi connectivity index (χ1) is 11.7. The molecule has 0 atom stereocenters. The van der Waals surface area contributed by atoms with Crippen LogP contribution in [0.3, 0.4) is 0 Å². The fourth-order valence-corrected chi connectivity index (χ4v) is 3.82. The topological polar surface area (TPSA) is 83.9 Å². The summed E-state index contributed by atoms with van der Waals surface area (Å²) in [6.45, 7) is 8.68. The van der Waals surface area contributed by atoms with Crippen LogP contribution >= 0.6 is 0 Å². The summed E-state index contributed by atoms with van der Waals surface area (Å²) in [6, 6.07) is 7.45. The van der Waals surface area contributed by atoms with Crippen molar-refractivity contribution in [3.8, 4) is 5.69 Å². The molecule has 3 N–H and O–H groups in total. The van der Waals surface area contributed by atoms with E-state index in [1.54, 1.807) is 17.1 Å². The summed E-state index contributed by atoms with van der Waals surface area (Å²) < 4.78 is 1.67. The Hall–Kier alpha value is -2.41. The van der Waals surface area contributed by atoms with Crippen molar-refractivity contribution in [3.05, 3.63) is 36.7 Å². The first-order valence-corrected chi connectivity index (χ1v) is 8.56. The van der Waals surface area contributed by atoms with Crippen molar-refractivity contribution in [2.24, 2.45) is 0 Å². The van der Waals surface area contributed by atoms with Crippen LogP contribution < -0.4 is 16.0 Å². The molecule has 2 heterocycles. The third-order valence-corrected chi connectivity index (χ3v) is 4.34. The van der Waals surface area contributed by atoms with E-state index >= 15 is 0 Å². The van der Waals surface area contributed by atoms with Gasteiger partial charge in [-0.1, -0.05) is 5.21 Å². The molecule has 1 aliphatic heterocycles. The maximum Gasteiger partial charge on any atom is 0.319 e. The minimum atomic E-state index is -0.174. The maximum atomic E-state index is 12.3. The largest absolute Gasteiger partial charge is 0.335 e. The van der Waals surface area contributed by atoms with E-state index in [1.807, 2.05) is 24.3 Å². The van der Waals surface area contributed by atoms with Crippen LogP contribution in [-0.4, -0.2) is 38.1 Å². The van der Waals surface area contributed by atoms with Gasteiger partial charge in [-0.15, -0.1) is 5.10 Å². The molecule has 0 unspecified atom stereocenters. The van der Waals surface area contributed by atoms with Gasteiger partial charge in [0.25, 0.3) is 0 Å². The van der Waals surface area contributed by atoms with E-state index in [-0.39, 0.29) is 23.2 Å². The van der Waals surface area contributed by atoms with Crippen LogP contribution in [0.5, 0.6) is 0 Å². The van der Waals surface area contributed by atoms with Crippen LogP contribution in [0.15, 0.2) is 36.7 Å². The molecular weight excluding hydrogens is 316 g/mol. The Kier molecular flexibility index (Phi) is 4.51. The second-order valence-electron chi connectivity index (χ2n) is 7.99. The number of nitrogens with zero attached hydrogens (tertiary/aromatic N) is 3. The minimum absolute atomic E-state index is 0.000849. The lowest BCUT2D eigenvalue weighted by atomic mass is 9.80. The molecule has 2 aromatic rings. The fourth-order valence-electron chi connectivity index (χ4n) is 3.82. The third-order valence-electron chi connectivity index (χ3n) is 4.34. The minimum Gasteiger partial charge on any atom is -0.335 e. The standard InChI is InChI=1S/C18H26N6O/c1-17(2)11-14(12-18(3,4)22-17)21-16(25)20-13-5-7-15(8-6-13)24-10-9-19-23-24/h5-10,14,22H,11-12H2,1-4H3,(H2,20,21,25). The molecule has 1 saturated heterocycles. The predicted octanol–water partition coefficient (Wildman–Crippen LogP) is 2.70. The summed E-state index contributed by atoms with van der Waals surface area (Å²) in [4.78, 5) is 12.3. The number of rotatable bonds is 3. The van der Waals surface area contributed by atoms with E-state index in [0.29, 0.717) is 0 Å². The van der Waals surface area contributed by atoms with Gasteiger partial charge in [-0.05, 0) is 64.8 Å². The SMILES string of the molecule is CC1(C)CC(NC(=O)Nc2ccc(-n3ccnn3)cc2)CC(C)(C)N1. The van der Waals surface area contributed by atoms with Crippen molar-refractivity contribution in [1.82, 2.24) is 25.6 Å². The van der Waals surface area contributed by atoms with Crippen molar-refractivity contribution < 1.29 is 4.79 Å². The Bertz CT molecular complexity index is 705. The second kappa shape index (κ2) is 6.48. The summed E-state index contributed by atoms with van der Waals surface area (Å²) in [7, 11) is 0. The van der Waals surface area contributed by atoms with Crippen LogP contribution in [0.25, 0.3) is 5.69 Å². The lowest BCUT2D eigenvalue weighted by molar-refractivity contribution is 0.149. The fraction of sp³-hybridized carbons (Fsp3) is 0.500. The predicted molar refractivity (Wildman–Crippen MR) is 97.8 cm³/mol.